The van der Waals surface area contributed by atoms with E-state index >= 15 is 0 Å². The molecule has 0 saturated carbocycles. The van der Waals surface area contributed by atoms with Crippen molar-refractivity contribution in [1.82, 2.24) is 4.90 Å². The number of benzene rings is 1. The van der Waals surface area contributed by atoms with Gasteiger partial charge in [0.25, 0.3) is 5.69 Å². The van der Waals surface area contributed by atoms with Gasteiger partial charge in [-0.1, -0.05) is 12.1 Å². The van der Waals surface area contributed by atoms with Crippen molar-refractivity contribution < 1.29 is 19.6 Å². The zero-order valence-electron chi connectivity index (χ0n) is 12.2. The minimum absolute atomic E-state index is 0. The molecule has 1 aromatic rings. The lowest BCUT2D eigenvalue weighted by Crippen LogP contribution is -2.40. The third kappa shape index (κ3) is 5.66. The Hall–Kier alpha value is -2.19. The molecule has 8 nitrogen and oxygen atoms in total. The number of nitrogens with zero attached hydrogens (tertiary/aromatic N) is 2. The van der Waals surface area contributed by atoms with E-state index in [1.165, 1.54) is 18.2 Å². The standard InChI is InChI=1S/C13H17N3O5.ClH/c1-9(15(2)8-7-12(17)18)13(19)14-10-5-3-4-6-11(10)16(20)21;/h3-6,9H,7-8H2,1-2H3,(H,14,19)(H,17,18);1H. The molecule has 1 aromatic carbocycles. The summed E-state index contributed by atoms with van der Waals surface area (Å²) >= 11 is 0. The van der Waals surface area contributed by atoms with E-state index in [4.69, 9.17) is 5.11 Å². The third-order valence-electron chi connectivity index (χ3n) is 3.08. The zero-order chi connectivity index (χ0) is 16.0. The first-order valence-corrected chi connectivity index (χ1v) is 6.29. The molecule has 22 heavy (non-hydrogen) atoms. The first-order chi connectivity index (χ1) is 9.82. The number of hydrogen-bond acceptors (Lipinski definition) is 5. The van der Waals surface area contributed by atoms with Gasteiger partial charge in [-0.15, -0.1) is 12.4 Å². The number of carbonyl (C=O) groups is 2. The average molecular weight is 332 g/mol. The molecule has 2 N–H and O–H groups in total. The van der Waals surface area contributed by atoms with Crippen LogP contribution in [0.4, 0.5) is 11.4 Å². The molecule has 0 bridgehead atoms. The van der Waals surface area contributed by atoms with Gasteiger partial charge in [0, 0.05) is 12.6 Å². The SMILES string of the molecule is CC(C(=O)Nc1ccccc1[N+](=O)[O-])N(C)CCC(=O)O.Cl. The number of likely N-dealkylation sites (N-methyl/N-ethyl adjacent to an activating group) is 1. The van der Waals surface area contributed by atoms with E-state index in [1.807, 2.05) is 0 Å². The summed E-state index contributed by atoms with van der Waals surface area (Å²) in [4.78, 5) is 34.4. The molecule has 1 amide bonds. The smallest absolute Gasteiger partial charge is 0.304 e. The van der Waals surface area contributed by atoms with Crippen molar-refractivity contribution in [2.75, 3.05) is 18.9 Å². The summed E-state index contributed by atoms with van der Waals surface area (Å²) in [5, 5.41) is 22.0. The molecular weight excluding hydrogens is 314 g/mol. The highest BCUT2D eigenvalue weighted by molar-refractivity contribution is 5.96. The van der Waals surface area contributed by atoms with E-state index in [0.717, 1.165) is 0 Å². The number of hydrogen-bond donors (Lipinski definition) is 2. The van der Waals surface area contributed by atoms with Crippen LogP contribution in [0.2, 0.25) is 0 Å². The summed E-state index contributed by atoms with van der Waals surface area (Å²) in [6, 6.07) is 5.23. The van der Waals surface area contributed by atoms with Crippen molar-refractivity contribution in [1.29, 1.82) is 0 Å². The number of aliphatic carboxylic acids is 1. The van der Waals surface area contributed by atoms with Crippen LogP contribution in [0.3, 0.4) is 0 Å². The van der Waals surface area contributed by atoms with E-state index in [1.54, 1.807) is 24.9 Å². The number of carboxylic acids is 1. The predicted octanol–water partition coefficient (Wildman–Crippen LogP) is 1.75. The van der Waals surface area contributed by atoms with Crippen LogP contribution in [-0.2, 0) is 9.59 Å². The molecule has 0 aromatic heterocycles. The van der Waals surface area contributed by atoms with Crippen molar-refractivity contribution in [2.45, 2.75) is 19.4 Å². The summed E-state index contributed by atoms with van der Waals surface area (Å²) in [6.07, 6.45) is -0.0837. The van der Waals surface area contributed by atoms with Gasteiger partial charge in [0.05, 0.1) is 17.4 Å². The Labute approximate surface area is 133 Å². The highest BCUT2D eigenvalue weighted by Gasteiger charge is 2.21. The maximum atomic E-state index is 12.1. The highest BCUT2D eigenvalue weighted by atomic mass is 35.5. The summed E-state index contributed by atoms with van der Waals surface area (Å²) in [7, 11) is 1.62. The predicted molar refractivity (Wildman–Crippen MR) is 83.3 cm³/mol. The topological polar surface area (TPSA) is 113 Å². The molecule has 0 heterocycles. The Kier molecular flexibility index (Phi) is 8.06. The second-order valence-corrected chi connectivity index (χ2v) is 4.56. The van der Waals surface area contributed by atoms with Crippen LogP contribution in [0.15, 0.2) is 24.3 Å². The van der Waals surface area contributed by atoms with Gasteiger partial charge in [0.2, 0.25) is 5.91 Å². The molecule has 0 saturated heterocycles. The number of amides is 1. The van der Waals surface area contributed by atoms with E-state index in [9.17, 15) is 19.7 Å². The molecule has 9 heteroatoms. The number of para-hydroxylation sites is 2. The fourth-order valence-corrected chi connectivity index (χ4v) is 1.64. The van der Waals surface area contributed by atoms with Gasteiger partial charge in [-0.2, -0.15) is 0 Å². The van der Waals surface area contributed by atoms with Gasteiger partial charge in [0.1, 0.15) is 5.69 Å². The maximum absolute atomic E-state index is 12.1. The molecule has 122 valence electrons. The van der Waals surface area contributed by atoms with Crippen LogP contribution in [0.1, 0.15) is 13.3 Å². The van der Waals surface area contributed by atoms with Gasteiger partial charge in [-0.3, -0.25) is 24.6 Å². The Balaban J connectivity index is 0.00000441. The van der Waals surface area contributed by atoms with Crippen LogP contribution in [0.5, 0.6) is 0 Å². The molecule has 0 aliphatic rings. The third-order valence-corrected chi connectivity index (χ3v) is 3.08. The average Bonchev–Trinajstić information content (AvgIpc) is 2.44. The Bertz CT molecular complexity index is 552. The lowest BCUT2D eigenvalue weighted by molar-refractivity contribution is -0.383. The number of anilines is 1. The first-order valence-electron chi connectivity index (χ1n) is 6.29. The van der Waals surface area contributed by atoms with E-state index in [0.29, 0.717) is 0 Å². The van der Waals surface area contributed by atoms with Gasteiger partial charge in [-0.25, -0.2) is 0 Å². The van der Waals surface area contributed by atoms with Crippen molar-refractivity contribution >= 4 is 35.7 Å². The van der Waals surface area contributed by atoms with E-state index < -0.39 is 22.8 Å². The Morgan fingerprint density at radius 3 is 2.55 bits per heavy atom. The summed E-state index contributed by atoms with van der Waals surface area (Å²) in [5.74, 6) is -1.38. The number of halogens is 1. The zero-order valence-corrected chi connectivity index (χ0v) is 13.0. The molecule has 1 unspecified atom stereocenters. The first kappa shape index (κ1) is 19.8. The molecule has 0 aliphatic carbocycles. The Morgan fingerprint density at radius 1 is 1.41 bits per heavy atom. The van der Waals surface area contributed by atoms with Gasteiger partial charge >= 0.3 is 5.97 Å². The molecular formula is C13H18ClN3O5. The van der Waals surface area contributed by atoms with Crippen molar-refractivity contribution in [3.63, 3.8) is 0 Å². The number of rotatable bonds is 7. The molecule has 0 fully saturated rings. The summed E-state index contributed by atoms with van der Waals surface area (Å²) in [6.45, 7) is 1.81. The van der Waals surface area contributed by atoms with Gasteiger partial charge in [-0.05, 0) is 20.0 Å². The second kappa shape index (κ2) is 8.96. The van der Waals surface area contributed by atoms with Crippen molar-refractivity contribution in [2.24, 2.45) is 0 Å². The fraction of sp³-hybridized carbons (Fsp3) is 0.385. The largest absolute Gasteiger partial charge is 0.481 e. The number of nitro benzene ring substituents is 1. The molecule has 0 radical (unpaired) electrons. The summed E-state index contributed by atoms with van der Waals surface area (Å²) in [5.41, 5.74) is -0.0720. The summed E-state index contributed by atoms with van der Waals surface area (Å²) < 4.78 is 0. The van der Waals surface area contributed by atoms with Crippen LogP contribution in [0, 0.1) is 10.1 Å². The Morgan fingerprint density at radius 2 is 2.00 bits per heavy atom. The van der Waals surface area contributed by atoms with E-state index in [-0.39, 0.29) is 36.7 Å². The molecule has 0 spiro atoms. The van der Waals surface area contributed by atoms with Gasteiger partial charge in [0.15, 0.2) is 0 Å². The number of carbonyl (C=O) groups excluding carboxylic acids is 1. The second-order valence-electron chi connectivity index (χ2n) is 4.56. The number of carboxylic acid groups (broad SMARTS) is 1. The van der Waals surface area contributed by atoms with Crippen LogP contribution in [-0.4, -0.2) is 46.4 Å². The minimum Gasteiger partial charge on any atom is -0.481 e. The lowest BCUT2D eigenvalue weighted by atomic mass is 10.2. The van der Waals surface area contributed by atoms with Crippen molar-refractivity contribution in [3.8, 4) is 0 Å². The van der Waals surface area contributed by atoms with Gasteiger partial charge < -0.3 is 10.4 Å². The minimum atomic E-state index is -0.951. The number of nitro groups is 1. The van der Waals surface area contributed by atoms with Crippen LogP contribution in [0.25, 0.3) is 0 Å². The maximum Gasteiger partial charge on any atom is 0.304 e. The normalized spacial score (nSPS) is 11.4. The van der Waals surface area contributed by atoms with Crippen LogP contribution >= 0.6 is 12.4 Å². The monoisotopic (exact) mass is 331 g/mol. The molecule has 0 aliphatic heterocycles. The lowest BCUT2D eigenvalue weighted by Gasteiger charge is -2.23. The fourth-order valence-electron chi connectivity index (χ4n) is 1.64. The highest BCUT2D eigenvalue weighted by Crippen LogP contribution is 2.23. The van der Waals surface area contributed by atoms with Crippen molar-refractivity contribution in [3.05, 3.63) is 34.4 Å². The number of nitrogens with one attached hydrogen (secondary N) is 1. The van der Waals surface area contributed by atoms with E-state index in [2.05, 4.69) is 5.32 Å². The molecule has 1 atom stereocenters. The molecule has 1 rings (SSSR count). The van der Waals surface area contributed by atoms with Crippen LogP contribution < -0.4 is 5.32 Å². The quantitative estimate of drug-likeness (QED) is 0.581.